The molecule has 0 spiro atoms. The molecule has 0 radical (unpaired) electrons. The van der Waals surface area contributed by atoms with Gasteiger partial charge in [0, 0.05) is 6.61 Å². The Hall–Kier alpha value is 1.43. The Bertz CT molecular complexity index is 519. The van der Waals surface area contributed by atoms with Crippen molar-refractivity contribution >= 4 is 26.8 Å². The van der Waals surface area contributed by atoms with Crippen molar-refractivity contribution in [3.8, 4) is 0 Å². The van der Waals surface area contributed by atoms with Gasteiger partial charge in [-0.25, -0.2) is 0 Å². The van der Waals surface area contributed by atoms with E-state index in [2.05, 4.69) is 62.3 Å². The molecule has 33 heavy (non-hydrogen) atoms. The number of hydrogen-bond donors (Lipinski definition) is 0. The van der Waals surface area contributed by atoms with Crippen LogP contribution in [0.3, 0.4) is 0 Å². The number of halogens is 2. The molecule has 2 aliphatic rings. The number of ether oxygens (including phenoxy) is 1. The second-order valence-corrected chi connectivity index (χ2v) is 19.5. The van der Waals surface area contributed by atoms with Crippen LogP contribution in [-0.2, 0) is 21.8 Å². The van der Waals surface area contributed by atoms with E-state index in [0.717, 1.165) is 35.4 Å². The van der Waals surface area contributed by atoms with Gasteiger partial charge in [0.25, 0.3) is 0 Å². The van der Waals surface area contributed by atoms with E-state index in [-0.39, 0.29) is 18.6 Å². The van der Waals surface area contributed by atoms with Gasteiger partial charge < -0.3 is 17.1 Å². The third-order valence-corrected chi connectivity index (χ3v) is 14.3. The minimum atomic E-state index is -1.77. The molecule has 2 saturated carbocycles. The molecule has 5 unspecified atom stereocenters. The first-order valence-corrected chi connectivity index (χ1v) is 19.7. The van der Waals surface area contributed by atoms with Crippen molar-refractivity contribution in [2.45, 2.75) is 142 Å². The molecule has 0 bridgehead atoms. The summed E-state index contributed by atoms with van der Waals surface area (Å²) >= 11 is -0.556. The Morgan fingerprint density at radius 1 is 0.909 bits per heavy atom. The Labute approximate surface area is 226 Å². The first kappa shape index (κ1) is 34.4. The number of hydrogen-bond acceptors (Lipinski definition) is 1. The number of rotatable bonds is 8. The van der Waals surface area contributed by atoms with Gasteiger partial charge in [-0.3, -0.25) is 0 Å². The summed E-state index contributed by atoms with van der Waals surface area (Å²) in [5, 5.41) is 0. The van der Waals surface area contributed by atoms with Crippen molar-refractivity contribution in [2.24, 2.45) is 17.8 Å². The quantitative estimate of drug-likeness (QED) is 0.166. The molecule has 2 aliphatic carbocycles. The van der Waals surface area contributed by atoms with Gasteiger partial charge in [0.15, 0.2) is 0 Å². The summed E-state index contributed by atoms with van der Waals surface area (Å²) in [5.41, 5.74) is 1.89. The van der Waals surface area contributed by atoms with Crippen LogP contribution in [-0.4, -0.2) is 26.0 Å². The molecule has 0 amide bonds. The summed E-state index contributed by atoms with van der Waals surface area (Å²) in [6, 6.07) is 1.40. The fourth-order valence-electron chi connectivity index (χ4n) is 6.41. The van der Waals surface area contributed by atoms with Gasteiger partial charge >= 0.3 is 35.6 Å². The molecular weight excluding hydrogens is 501 g/mol. The van der Waals surface area contributed by atoms with Crippen LogP contribution < -0.4 is 0 Å². The van der Waals surface area contributed by atoms with Crippen molar-refractivity contribution in [3.63, 3.8) is 0 Å². The van der Waals surface area contributed by atoms with E-state index in [0.29, 0.717) is 0 Å². The maximum absolute atomic E-state index is 6.06. The van der Waals surface area contributed by atoms with Gasteiger partial charge in [0.05, 0.1) is 5.60 Å². The number of unbranched alkanes of at least 4 members (excludes halogenated alkanes) is 1. The first-order valence-electron chi connectivity index (χ1n) is 13.1. The van der Waals surface area contributed by atoms with E-state index in [9.17, 15) is 0 Å². The minimum absolute atomic E-state index is 0. The van der Waals surface area contributed by atoms with Gasteiger partial charge in [-0.1, -0.05) is 104 Å². The Balaban J connectivity index is 0.00000242. The van der Waals surface area contributed by atoms with E-state index in [1.807, 2.05) is 0 Å². The topological polar surface area (TPSA) is 23.3 Å². The van der Waals surface area contributed by atoms with Crippen LogP contribution in [0.25, 0.3) is 4.98 Å². The van der Waals surface area contributed by atoms with E-state index >= 15 is 0 Å². The molecule has 2 nitrogen and oxygen atoms in total. The van der Waals surface area contributed by atoms with Crippen molar-refractivity contribution in [2.75, 3.05) is 6.61 Å². The standard InChI is InChI=1S/C26H52NOSi.CH3.2ClH.Ti/c1-20-19-24(22(3)21(20)2)29(27-25(4,5)6,23-15-11-10-12-16-23)18-14-13-17-28-26(7,8)9;;;;/h20-24H,10-19H2,1-9H3;1H3;2*1H;/q2*-1;;;+2/p-2. The molecule has 0 aromatic heterocycles. The molecule has 2 rings (SSSR count). The summed E-state index contributed by atoms with van der Waals surface area (Å²) < 4.78 is 6.06. The van der Waals surface area contributed by atoms with Crippen LogP contribution in [0.4, 0.5) is 0 Å². The first-order chi connectivity index (χ1) is 14.8. The normalized spacial score (nSPS) is 28.3. The van der Waals surface area contributed by atoms with Crippen LogP contribution in [0.5, 0.6) is 0 Å². The van der Waals surface area contributed by atoms with Crippen LogP contribution in [0.1, 0.15) is 114 Å². The third kappa shape index (κ3) is 11.6. The maximum atomic E-state index is 6.06. The van der Waals surface area contributed by atoms with E-state index in [1.54, 1.807) is 0 Å². The molecule has 6 heteroatoms. The SMILES string of the molecule is CC1CC([Si](CCCCOC(C)(C)C)([N-]C(C)(C)C)C2CCCCC2)C(C)C1C.[CH3-].[Cl][Ti][Cl]. The van der Waals surface area contributed by atoms with Crippen LogP contribution in [0.2, 0.25) is 17.1 Å². The molecule has 2 fully saturated rings. The zero-order chi connectivity index (χ0) is 24.6. The van der Waals surface area contributed by atoms with Gasteiger partial charge in [0.1, 0.15) is 0 Å². The predicted molar refractivity (Wildman–Crippen MR) is 149 cm³/mol. The summed E-state index contributed by atoms with van der Waals surface area (Å²) in [4.78, 5) is 5.91. The van der Waals surface area contributed by atoms with Crippen molar-refractivity contribution in [1.29, 1.82) is 0 Å². The molecule has 0 aromatic carbocycles. The fraction of sp³-hybridized carbons (Fsp3) is 0.963. The zero-order valence-corrected chi connectivity index (χ0v) is 27.6. The van der Waals surface area contributed by atoms with E-state index in [4.69, 9.17) is 28.3 Å². The Morgan fingerprint density at radius 3 is 1.88 bits per heavy atom. The molecule has 0 heterocycles. The fourth-order valence-corrected chi connectivity index (χ4v) is 13.7. The average Bonchev–Trinajstić information content (AvgIpc) is 2.94. The van der Waals surface area contributed by atoms with Crippen LogP contribution in [0, 0.1) is 25.2 Å². The summed E-state index contributed by atoms with van der Waals surface area (Å²) in [6.45, 7) is 22.1. The molecule has 0 aliphatic heterocycles. The van der Waals surface area contributed by atoms with Crippen LogP contribution >= 0.6 is 18.6 Å². The van der Waals surface area contributed by atoms with E-state index in [1.165, 1.54) is 57.4 Å². The third-order valence-electron chi connectivity index (χ3n) is 7.99. The second kappa shape index (κ2) is 15.6. The molecule has 0 aromatic rings. The molecule has 0 saturated heterocycles. The molecule has 198 valence electrons. The van der Waals surface area contributed by atoms with Crippen molar-refractivity contribution in [1.82, 2.24) is 0 Å². The summed E-state index contributed by atoms with van der Waals surface area (Å²) in [6.07, 6.45) is 11.2. The van der Waals surface area contributed by atoms with Gasteiger partial charge in [0.2, 0.25) is 0 Å². The average molecular weight is 557 g/mol. The van der Waals surface area contributed by atoms with E-state index < -0.39 is 25.3 Å². The summed E-state index contributed by atoms with van der Waals surface area (Å²) in [7, 11) is 8.01. The van der Waals surface area contributed by atoms with Gasteiger partial charge in [-0.2, -0.15) is 0 Å². The monoisotopic (exact) mass is 555 g/mol. The molecule has 5 atom stereocenters. The van der Waals surface area contributed by atoms with Crippen molar-refractivity contribution in [3.05, 3.63) is 12.4 Å². The van der Waals surface area contributed by atoms with Crippen molar-refractivity contribution < 1.29 is 21.8 Å². The van der Waals surface area contributed by atoms with Gasteiger partial charge in [-0.05, 0) is 53.2 Å². The predicted octanol–water partition coefficient (Wildman–Crippen LogP) is 10.5. The molecule has 0 N–H and O–H groups in total. The van der Waals surface area contributed by atoms with Crippen LogP contribution in [0.15, 0.2) is 0 Å². The zero-order valence-electron chi connectivity index (χ0n) is 23.6. The summed E-state index contributed by atoms with van der Waals surface area (Å²) in [5.74, 6) is 2.57. The van der Waals surface area contributed by atoms with Gasteiger partial charge in [-0.15, -0.1) is 5.54 Å². The Morgan fingerprint density at radius 2 is 1.45 bits per heavy atom. The Kier molecular flexibility index (Phi) is 16.3. The second-order valence-electron chi connectivity index (χ2n) is 12.6. The molecular formula is C27H55Cl2NOSiTi-2. The number of nitrogens with zero attached hydrogens (tertiary/aromatic N) is 1.